The van der Waals surface area contributed by atoms with E-state index in [1.165, 1.54) is 0 Å². The number of rotatable bonds is 6. The molecule has 2 rings (SSSR count). The summed E-state index contributed by atoms with van der Waals surface area (Å²) in [5.41, 5.74) is 1.84. The molecule has 2 aromatic carbocycles. The second kappa shape index (κ2) is 7.50. The average molecular weight is 299 g/mol. The molecule has 0 unspecified atom stereocenters. The minimum Gasteiger partial charge on any atom is -0.494 e. The van der Waals surface area contributed by atoms with E-state index in [1.54, 1.807) is 13.0 Å². The molecule has 0 bridgehead atoms. The Hall–Kier alpha value is -2.49. The van der Waals surface area contributed by atoms with Crippen LogP contribution in [0.5, 0.6) is 11.5 Å². The summed E-state index contributed by atoms with van der Waals surface area (Å²) < 4.78 is 11.1. The fourth-order valence-electron chi connectivity index (χ4n) is 1.95. The van der Waals surface area contributed by atoms with Crippen LogP contribution in [-0.2, 0) is 4.79 Å². The highest BCUT2D eigenvalue weighted by Gasteiger charge is 2.15. The Balaban J connectivity index is 1.96. The van der Waals surface area contributed by atoms with Crippen molar-refractivity contribution in [2.45, 2.75) is 26.9 Å². The molecule has 0 aliphatic carbocycles. The minimum atomic E-state index is -0.585. The van der Waals surface area contributed by atoms with Crippen molar-refractivity contribution in [1.29, 1.82) is 0 Å². The van der Waals surface area contributed by atoms with Crippen LogP contribution in [0.25, 0.3) is 0 Å². The molecule has 2 aromatic rings. The number of carbonyl (C=O) groups is 1. The Morgan fingerprint density at radius 1 is 1.14 bits per heavy atom. The second-order valence-corrected chi connectivity index (χ2v) is 5.02. The molecule has 22 heavy (non-hydrogen) atoms. The lowest BCUT2D eigenvalue weighted by molar-refractivity contribution is -0.122. The van der Waals surface area contributed by atoms with Crippen molar-refractivity contribution < 1.29 is 14.3 Å². The quantitative estimate of drug-likeness (QED) is 0.882. The Labute approximate surface area is 131 Å². The fourth-order valence-corrected chi connectivity index (χ4v) is 1.95. The second-order valence-electron chi connectivity index (χ2n) is 5.02. The summed E-state index contributed by atoms with van der Waals surface area (Å²) >= 11 is 0. The Bertz CT molecular complexity index is 622. The van der Waals surface area contributed by atoms with Crippen molar-refractivity contribution in [2.24, 2.45) is 0 Å². The van der Waals surface area contributed by atoms with Gasteiger partial charge in [-0.25, -0.2) is 0 Å². The standard InChI is InChI=1S/C18H21NO3/c1-4-21-17-7-5-6-15(12-17)19-18(20)14(3)22-16-10-8-13(2)9-11-16/h5-12,14H,4H2,1-3H3,(H,19,20)/t14-/m0/s1. The Morgan fingerprint density at radius 3 is 2.55 bits per heavy atom. The van der Waals surface area contributed by atoms with Gasteiger partial charge in [-0.1, -0.05) is 23.8 Å². The van der Waals surface area contributed by atoms with Gasteiger partial charge in [0.2, 0.25) is 0 Å². The normalized spacial score (nSPS) is 11.6. The number of anilines is 1. The van der Waals surface area contributed by atoms with Crippen LogP contribution < -0.4 is 14.8 Å². The third-order valence-electron chi connectivity index (χ3n) is 3.12. The lowest BCUT2D eigenvalue weighted by Crippen LogP contribution is -2.30. The van der Waals surface area contributed by atoms with Crippen molar-refractivity contribution in [1.82, 2.24) is 0 Å². The first-order valence-corrected chi connectivity index (χ1v) is 7.35. The third kappa shape index (κ3) is 4.52. The molecule has 0 aromatic heterocycles. The summed E-state index contributed by atoms with van der Waals surface area (Å²) in [5, 5.41) is 2.83. The summed E-state index contributed by atoms with van der Waals surface area (Å²) in [5.74, 6) is 1.21. The van der Waals surface area contributed by atoms with E-state index in [4.69, 9.17) is 9.47 Å². The van der Waals surface area contributed by atoms with E-state index in [-0.39, 0.29) is 5.91 Å². The van der Waals surface area contributed by atoms with Crippen LogP contribution in [0.15, 0.2) is 48.5 Å². The summed E-state index contributed by atoms with van der Waals surface area (Å²) in [4.78, 5) is 12.2. The van der Waals surface area contributed by atoms with Crippen molar-refractivity contribution in [3.8, 4) is 11.5 Å². The molecule has 4 nitrogen and oxygen atoms in total. The molecular weight excluding hydrogens is 278 g/mol. The molecule has 0 aliphatic rings. The zero-order valence-corrected chi connectivity index (χ0v) is 13.1. The Kier molecular flexibility index (Phi) is 5.42. The van der Waals surface area contributed by atoms with Gasteiger partial charge in [-0.2, -0.15) is 0 Å². The van der Waals surface area contributed by atoms with Gasteiger partial charge in [0.1, 0.15) is 11.5 Å². The zero-order chi connectivity index (χ0) is 15.9. The molecule has 0 saturated carbocycles. The predicted molar refractivity (Wildman–Crippen MR) is 87.5 cm³/mol. The summed E-state index contributed by atoms with van der Waals surface area (Å²) in [7, 11) is 0. The molecule has 0 aliphatic heterocycles. The van der Waals surface area contributed by atoms with Crippen LogP contribution in [0.2, 0.25) is 0 Å². The maximum Gasteiger partial charge on any atom is 0.265 e. The number of nitrogens with one attached hydrogen (secondary N) is 1. The van der Waals surface area contributed by atoms with E-state index < -0.39 is 6.10 Å². The van der Waals surface area contributed by atoms with Gasteiger partial charge in [0.05, 0.1) is 6.61 Å². The smallest absolute Gasteiger partial charge is 0.265 e. The van der Waals surface area contributed by atoms with E-state index in [0.29, 0.717) is 18.0 Å². The molecule has 0 spiro atoms. The van der Waals surface area contributed by atoms with E-state index >= 15 is 0 Å². The van der Waals surface area contributed by atoms with Crippen LogP contribution in [0.1, 0.15) is 19.4 Å². The van der Waals surface area contributed by atoms with Gasteiger partial charge in [-0.3, -0.25) is 4.79 Å². The van der Waals surface area contributed by atoms with Crippen molar-refractivity contribution >= 4 is 11.6 Å². The lowest BCUT2D eigenvalue weighted by Gasteiger charge is -2.15. The van der Waals surface area contributed by atoms with Gasteiger partial charge in [0, 0.05) is 11.8 Å². The number of benzene rings is 2. The number of amides is 1. The fraction of sp³-hybridized carbons (Fsp3) is 0.278. The number of aryl methyl sites for hydroxylation is 1. The maximum absolute atomic E-state index is 12.2. The average Bonchev–Trinajstić information content (AvgIpc) is 2.50. The summed E-state index contributed by atoms with van der Waals surface area (Å²) in [6, 6.07) is 14.9. The molecule has 0 saturated heterocycles. The van der Waals surface area contributed by atoms with Crippen molar-refractivity contribution in [2.75, 3.05) is 11.9 Å². The van der Waals surface area contributed by atoms with E-state index in [1.807, 2.05) is 56.3 Å². The number of carbonyl (C=O) groups excluding carboxylic acids is 1. The van der Waals surface area contributed by atoms with Gasteiger partial charge in [-0.05, 0) is 45.0 Å². The number of hydrogen-bond acceptors (Lipinski definition) is 3. The zero-order valence-electron chi connectivity index (χ0n) is 13.1. The minimum absolute atomic E-state index is 0.200. The number of hydrogen-bond donors (Lipinski definition) is 1. The largest absolute Gasteiger partial charge is 0.494 e. The van der Waals surface area contributed by atoms with Gasteiger partial charge < -0.3 is 14.8 Å². The first kappa shape index (κ1) is 15.9. The van der Waals surface area contributed by atoms with Crippen LogP contribution in [-0.4, -0.2) is 18.6 Å². The molecule has 1 N–H and O–H groups in total. The van der Waals surface area contributed by atoms with Gasteiger partial charge in [-0.15, -0.1) is 0 Å². The highest BCUT2D eigenvalue weighted by atomic mass is 16.5. The molecule has 0 heterocycles. The highest BCUT2D eigenvalue weighted by Crippen LogP contribution is 2.18. The molecule has 1 atom stereocenters. The maximum atomic E-state index is 12.2. The molecule has 0 radical (unpaired) electrons. The number of ether oxygens (including phenoxy) is 2. The molecule has 0 fully saturated rings. The lowest BCUT2D eigenvalue weighted by atomic mass is 10.2. The monoisotopic (exact) mass is 299 g/mol. The van der Waals surface area contributed by atoms with E-state index in [9.17, 15) is 4.79 Å². The molecular formula is C18H21NO3. The van der Waals surface area contributed by atoms with Crippen LogP contribution in [0.3, 0.4) is 0 Å². The van der Waals surface area contributed by atoms with Crippen molar-refractivity contribution in [3.63, 3.8) is 0 Å². The van der Waals surface area contributed by atoms with Crippen LogP contribution in [0.4, 0.5) is 5.69 Å². The highest BCUT2D eigenvalue weighted by molar-refractivity contribution is 5.94. The third-order valence-corrected chi connectivity index (χ3v) is 3.12. The van der Waals surface area contributed by atoms with Crippen molar-refractivity contribution in [3.05, 3.63) is 54.1 Å². The topological polar surface area (TPSA) is 47.6 Å². The van der Waals surface area contributed by atoms with E-state index in [0.717, 1.165) is 11.3 Å². The first-order valence-electron chi connectivity index (χ1n) is 7.35. The van der Waals surface area contributed by atoms with Gasteiger partial charge >= 0.3 is 0 Å². The molecule has 1 amide bonds. The predicted octanol–water partition coefficient (Wildman–Crippen LogP) is 3.80. The summed E-state index contributed by atoms with van der Waals surface area (Å²) in [6.07, 6.45) is -0.585. The molecule has 116 valence electrons. The van der Waals surface area contributed by atoms with E-state index in [2.05, 4.69) is 5.32 Å². The van der Waals surface area contributed by atoms with Gasteiger partial charge in [0.25, 0.3) is 5.91 Å². The summed E-state index contributed by atoms with van der Waals surface area (Å²) in [6.45, 7) is 6.24. The first-order chi connectivity index (χ1) is 10.6. The Morgan fingerprint density at radius 2 is 1.86 bits per heavy atom. The van der Waals surface area contributed by atoms with Crippen LogP contribution in [0, 0.1) is 6.92 Å². The van der Waals surface area contributed by atoms with Gasteiger partial charge in [0.15, 0.2) is 6.10 Å². The van der Waals surface area contributed by atoms with Crippen LogP contribution >= 0.6 is 0 Å². The SMILES string of the molecule is CCOc1cccc(NC(=O)[C@H](C)Oc2ccc(C)cc2)c1. The molecule has 4 heteroatoms.